The van der Waals surface area contributed by atoms with E-state index in [-0.39, 0.29) is 47.3 Å². The third kappa shape index (κ3) is 19.3. The highest BCUT2D eigenvalue weighted by Gasteiger charge is 2.32. The Morgan fingerprint density at radius 1 is 0.398 bits per heavy atom. The van der Waals surface area contributed by atoms with Crippen molar-refractivity contribution in [1.29, 1.82) is 0 Å². The van der Waals surface area contributed by atoms with E-state index < -0.39 is 12.0 Å². The van der Waals surface area contributed by atoms with Crippen molar-refractivity contribution in [2.45, 2.75) is 48.7 Å². The van der Waals surface area contributed by atoms with Crippen LogP contribution in [0.5, 0.6) is 0 Å². The number of aliphatic carboxylic acids is 1. The summed E-state index contributed by atoms with van der Waals surface area (Å²) >= 11 is 18.1. The molecule has 2 unspecified atom stereocenters. The number of carboxylic acids is 1. The Bertz CT molecular complexity index is 4470. The molecule has 4 fully saturated rings. The number of halogens is 4. The second kappa shape index (κ2) is 38.1. The standard InChI is InChI=1S/C20H20ClN5O.C19H18ClN5O2.C18H19ClN6.C18H19FN6.4CH4/c1-13(27)17-12-26(11-10-23-17)20-18(14-6-8-22-9-7-14)19(24-25-20)15-2-4-16(21)5-3-15;20-14-3-1-13(2-4-14)17-16(12-5-7-21-8-6-12)18(24-23-17)25-10-9-22-15(11-25)19(26)27;2*1-24-8-10-25(11-9-24)18-16(15-6-7-20-12-21-15)17(22-23-18)13-2-4-14(19)5-3-13;;;;/h2-9,17,23H,10-12H2,1H3,(H,24,25);1-8,15,22H,9-11H2,(H,23,24)(H,26,27);2*2-7,12H,8-11H2,1H3,(H,22,23);4*1H4. The quantitative estimate of drug-likeness (QED) is 0.0532. The number of anilines is 4. The minimum absolute atomic E-state index is 0. The van der Waals surface area contributed by atoms with E-state index >= 15 is 0 Å². The molecule has 0 aliphatic carbocycles. The van der Waals surface area contributed by atoms with Crippen LogP contribution >= 0.6 is 34.8 Å². The topological polar surface area (TPSA) is 290 Å². The van der Waals surface area contributed by atoms with Gasteiger partial charge in [-0.15, -0.1) is 0 Å². The van der Waals surface area contributed by atoms with Gasteiger partial charge in [-0.25, -0.2) is 24.3 Å². The molecule has 4 saturated heterocycles. The highest BCUT2D eigenvalue weighted by atomic mass is 35.5. The van der Waals surface area contributed by atoms with E-state index in [4.69, 9.17) is 34.8 Å². The van der Waals surface area contributed by atoms with Crippen LogP contribution in [0, 0.1) is 5.82 Å². The van der Waals surface area contributed by atoms with Crippen LogP contribution in [-0.4, -0.2) is 215 Å². The smallest absolute Gasteiger partial charge is 0.322 e. The molecular weight excluding hydrogens is 1430 g/mol. The molecule has 0 saturated carbocycles. The molecule has 12 aromatic rings. The number of nitrogens with zero attached hydrogens (tertiary/aromatic N) is 16. The van der Waals surface area contributed by atoms with E-state index in [2.05, 4.69) is 120 Å². The number of hydrogen-bond acceptors (Lipinski definition) is 20. The highest BCUT2D eigenvalue weighted by molar-refractivity contribution is 6.31. The molecule has 564 valence electrons. The summed E-state index contributed by atoms with van der Waals surface area (Å²) in [5, 5.41) is 48.7. The lowest BCUT2D eigenvalue weighted by Crippen LogP contribution is -2.54. The Balaban J connectivity index is 0.000000164. The molecule has 108 heavy (non-hydrogen) atoms. The average Bonchev–Trinajstić information content (AvgIpc) is 1.63. The van der Waals surface area contributed by atoms with Gasteiger partial charge in [-0.2, -0.15) is 20.4 Å². The van der Waals surface area contributed by atoms with Gasteiger partial charge in [0, 0.05) is 166 Å². The molecule has 4 aliphatic heterocycles. The zero-order valence-electron chi connectivity index (χ0n) is 57.3. The van der Waals surface area contributed by atoms with Gasteiger partial charge in [0.05, 0.1) is 62.5 Å². The number of carbonyl (C=O) groups excluding carboxylic acids is 1. The van der Waals surface area contributed by atoms with E-state index in [0.717, 1.165) is 179 Å². The summed E-state index contributed by atoms with van der Waals surface area (Å²) in [5.41, 5.74) is 15.0. The Labute approximate surface area is 644 Å². The third-order valence-corrected chi connectivity index (χ3v) is 19.2. The van der Waals surface area contributed by atoms with Crippen LogP contribution in [0.3, 0.4) is 0 Å². The zero-order chi connectivity index (χ0) is 72.1. The van der Waals surface area contributed by atoms with Crippen molar-refractivity contribution in [1.82, 2.24) is 91.1 Å². The first-order valence-corrected chi connectivity index (χ1v) is 35.1. The normalized spacial score (nSPS) is 15.7. The fourth-order valence-corrected chi connectivity index (χ4v) is 13.2. The molecule has 25 nitrogen and oxygen atoms in total. The number of carbonyl (C=O) groups is 2. The van der Waals surface area contributed by atoms with Gasteiger partial charge >= 0.3 is 5.97 Å². The summed E-state index contributed by atoms with van der Waals surface area (Å²) in [6, 6.07) is 40.1. The van der Waals surface area contributed by atoms with Crippen molar-refractivity contribution in [3.63, 3.8) is 0 Å². The number of H-pyrrole nitrogens is 4. The number of benzene rings is 4. The molecule has 12 heterocycles. The molecule has 4 aromatic carbocycles. The molecule has 16 rings (SSSR count). The summed E-state index contributed by atoms with van der Waals surface area (Å²) in [6.45, 7) is 13.1. The largest absolute Gasteiger partial charge is 0.480 e. The number of likely N-dealkylation sites (N-methyl/N-ethyl adjacent to an activating group) is 2. The van der Waals surface area contributed by atoms with Crippen LogP contribution < -0.4 is 30.2 Å². The van der Waals surface area contributed by atoms with Crippen LogP contribution in [-0.2, 0) is 9.59 Å². The third-order valence-electron chi connectivity index (χ3n) is 18.5. The average molecular weight is 1520 g/mol. The van der Waals surface area contributed by atoms with Crippen LogP contribution in [0.4, 0.5) is 27.7 Å². The predicted octanol–water partition coefficient (Wildman–Crippen LogP) is 13.7. The number of piperazine rings is 4. The molecule has 0 amide bonds. The van der Waals surface area contributed by atoms with Gasteiger partial charge in [0.25, 0.3) is 0 Å². The lowest BCUT2D eigenvalue weighted by molar-refractivity contribution is -0.139. The van der Waals surface area contributed by atoms with E-state index in [1.54, 1.807) is 62.6 Å². The Morgan fingerprint density at radius 2 is 0.713 bits per heavy atom. The number of Topliss-reactive ketones (excluding diaryl/α,β-unsaturated/α-hetero) is 1. The summed E-state index contributed by atoms with van der Waals surface area (Å²) in [5.74, 6) is 2.42. The maximum Gasteiger partial charge on any atom is 0.322 e. The number of aromatic amines is 4. The van der Waals surface area contributed by atoms with Gasteiger partial charge in [-0.1, -0.05) is 101 Å². The van der Waals surface area contributed by atoms with E-state index in [1.165, 1.54) is 18.5 Å². The summed E-state index contributed by atoms with van der Waals surface area (Å²) in [7, 11) is 4.27. The fourth-order valence-electron chi connectivity index (χ4n) is 12.9. The molecule has 0 radical (unpaired) electrons. The lowest BCUT2D eigenvalue weighted by Gasteiger charge is -2.33. The first-order chi connectivity index (χ1) is 50.7. The first kappa shape index (κ1) is 81.2. The number of nitrogens with one attached hydrogen (secondary N) is 6. The number of pyridine rings is 2. The van der Waals surface area contributed by atoms with Crippen LogP contribution in [0.15, 0.2) is 183 Å². The molecule has 0 bridgehead atoms. The Hall–Kier alpha value is -10.8. The van der Waals surface area contributed by atoms with Crippen molar-refractivity contribution in [2.24, 2.45) is 0 Å². The van der Waals surface area contributed by atoms with Crippen molar-refractivity contribution in [2.75, 3.05) is 125 Å². The number of hydrogen-bond donors (Lipinski definition) is 7. The Kier molecular flexibility index (Phi) is 28.7. The first-order valence-electron chi connectivity index (χ1n) is 34.0. The number of aromatic nitrogens is 14. The van der Waals surface area contributed by atoms with Gasteiger partial charge in [-0.3, -0.25) is 40.0 Å². The molecule has 0 spiro atoms. The lowest BCUT2D eigenvalue weighted by atomic mass is 10.0. The summed E-state index contributed by atoms with van der Waals surface area (Å²) < 4.78 is 13.3. The van der Waals surface area contributed by atoms with Crippen molar-refractivity contribution >= 4 is 69.8 Å². The Morgan fingerprint density at radius 3 is 1.05 bits per heavy atom. The summed E-state index contributed by atoms with van der Waals surface area (Å²) in [6.07, 6.45) is 13.6. The molecule has 2 atom stereocenters. The van der Waals surface area contributed by atoms with E-state index in [0.29, 0.717) is 41.2 Å². The SMILES string of the molecule is C.C.C.C.CC(=O)C1CN(c2n[nH]c(-c3ccc(Cl)cc3)c2-c2ccncc2)CCN1.CN1CCN(c2n[nH]c(-c3ccc(Cl)cc3)c2-c2ccncn2)CC1.CN1CCN(c2n[nH]c(-c3ccc(F)cc3)c2-c2ccncn2)CC1.O=C(O)C1CN(c2n[nH]c(-c3ccc(Cl)cc3)c2-c2ccncc2)CCN1. The van der Waals surface area contributed by atoms with Crippen molar-refractivity contribution in [3.8, 4) is 89.8 Å². The van der Waals surface area contributed by atoms with Gasteiger partial charge in [0.2, 0.25) is 0 Å². The monoisotopic (exact) mass is 1520 g/mol. The predicted molar refractivity (Wildman–Crippen MR) is 432 cm³/mol. The maximum absolute atomic E-state index is 13.3. The van der Waals surface area contributed by atoms with Crippen LogP contribution in [0.25, 0.3) is 89.8 Å². The number of rotatable bonds is 14. The minimum Gasteiger partial charge on any atom is -0.480 e. The second-order valence-corrected chi connectivity index (χ2v) is 26.6. The van der Waals surface area contributed by atoms with Crippen molar-refractivity contribution in [3.05, 3.63) is 204 Å². The van der Waals surface area contributed by atoms with Gasteiger partial charge in [-0.05, 0) is 129 Å². The van der Waals surface area contributed by atoms with Gasteiger partial charge in [0.15, 0.2) is 23.3 Å². The van der Waals surface area contributed by atoms with Crippen molar-refractivity contribution < 1.29 is 19.1 Å². The van der Waals surface area contributed by atoms with Crippen LogP contribution in [0.2, 0.25) is 15.1 Å². The number of ketones is 1. The van der Waals surface area contributed by atoms with E-state index in [9.17, 15) is 19.1 Å². The highest BCUT2D eigenvalue weighted by Crippen LogP contribution is 2.42. The fraction of sp³-hybridized carbons (Fsp3) is 0.291. The summed E-state index contributed by atoms with van der Waals surface area (Å²) in [4.78, 5) is 61.8. The van der Waals surface area contributed by atoms with E-state index in [1.807, 2.05) is 114 Å². The molecule has 4 aliphatic rings. The van der Waals surface area contributed by atoms with Crippen LogP contribution in [0.1, 0.15) is 36.6 Å². The maximum atomic E-state index is 13.3. The minimum atomic E-state index is -0.862. The second-order valence-electron chi connectivity index (χ2n) is 25.3. The molecule has 29 heteroatoms. The van der Waals surface area contributed by atoms with Gasteiger partial charge < -0.3 is 45.1 Å². The molecular formula is C79H92Cl3FN22O3. The number of carboxylic acid groups (broad SMARTS) is 1. The van der Waals surface area contributed by atoms with Gasteiger partial charge in [0.1, 0.15) is 30.3 Å². The zero-order valence-corrected chi connectivity index (χ0v) is 59.6. The molecule has 8 aromatic heterocycles. The molecule has 7 N–H and O–H groups in total.